The number of phosphoric ester groups is 1. The Morgan fingerprint density at radius 3 is 2.10 bits per heavy atom. The molecule has 7 N–H and O–H groups in total. The summed E-state index contributed by atoms with van der Waals surface area (Å²) in [6.07, 6.45) is -14.1. The van der Waals surface area contributed by atoms with Crippen LogP contribution in [0.15, 0.2) is 54.6 Å². The number of rotatable bonds is 21. The SMILES string of the molecule is Cc1cc(CC(=O)N[C@@H](CC(=O)O)C(=O)O)c(C(C)(C)CC(=O)Nc2nn(CC(F)(F)F)c3c(-c4ccc(C#CC(C)(C)S(C)(=O)=O)nc4[C@H](Cc4cc(F)cc(F)c4)NC(=O)Cn4nc(C(F)(F)F)c5c4C(F)(F)C[C@@H]5C)ccc(Cl)c23)c(OP(=O)(O)O)c1. The summed E-state index contributed by atoms with van der Waals surface area (Å²) >= 11 is 6.77. The molecule has 3 heterocycles. The predicted molar refractivity (Wildman–Crippen MR) is 301 cm³/mol. The Bertz CT molecular complexity index is 4120. The summed E-state index contributed by atoms with van der Waals surface area (Å²) < 4.78 is 190. The van der Waals surface area contributed by atoms with Crippen LogP contribution in [-0.2, 0) is 81.8 Å². The first kappa shape index (κ1) is 69.4. The number of aromatic nitrogens is 5. The topological polar surface area (TPSA) is 311 Å². The van der Waals surface area contributed by atoms with Crippen molar-refractivity contribution in [1.82, 2.24) is 35.2 Å². The molecule has 7 rings (SSSR count). The van der Waals surface area contributed by atoms with Crippen LogP contribution in [0.2, 0.25) is 5.02 Å². The van der Waals surface area contributed by atoms with E-state index < -0.39 is 201 Å². The average molecular weight is 1340 g/mol. The van der Waals surface area contributed by atoms with Gasteiger partial charge in [-0.1, -0.05) is 50.4 Å². The highest BCUT2D eigenvalue weighted by Gasteiger charge is 2.53. The summed E-state index contributed by atoms with van der Waals surface area (Å²) in [7, 11) is -9.43. The van der Waals surface area contributed by atoms with Gasteiger partial charge in [-0.25, -0.2) is 31.5 Å². The Hall–Kier alpha value is -8.11. The lowest BCUT2D eigenvalue weighted by Gasteiger charge is -2.30. The molecule has 3 amide bonds. The molecule has 0 unspecified atom stereocenters. The van der Waals surface area contributed by atoms with E-state index in [1.54, 1.807) is 0 Å². The van der Waals surface area contributed by atoms with E-state index in [2.05, 4.69) is 37.7 Å². The van der Waals surface area contributed by atoms with E-state index >= 15 is 8.78 Å². The summed E-state index contributed by atoms with van der Waals surface area (Å²) in [5, 5.41) is 32.2. The molecule has 3 aromatic carbocycles. The minimum absolute atomic E-state index is 0.130. The lowest BCUT2D eigenvalue weighted by molar-refractivity contribution is -0.147. The minimum Gasteiger partial charge on any atom is -0.481 e. The molecular weight excluding hydrogens is 1280 g/mol. The molecule has 0 radical (unpaired) electrons. The van der Waals surface area contributed by atoms with Crippen molar-refractivity contribution in [2.24, 2.45) is 0 Å². The third-order valence-corrected chi connectivity index (χ3v) is 16.9. The Kier molecular flexibility index (Phi) is 19.5. The first-order chi connectivity index (χ1) is 41.2. The average Bonchev–Trinajstić information content (AvgIpc) is 1.55. The number of aryl methyl sites for hydroxylation is 1. The fraction of sp³-hybridized carbons (Fsp3) is 0.393. The van der Waals surface area contributed by atoms with Gasteiger partial charge in [0.05, 0.1) is 40.5 Å². The van der Waals surface area contributed by atoms with Crippen molar-refractivity contribution >= 4 is 75.6 Å². The second kappa shape index (κ2) is 25.3. The van der Waals surface area contributed by atoms with E-state index in [0.29, 0.717) is 10.7 Å². The molecule has 0 bridgehead atoms. The molecule has 0 fully saturated rings. The molecule has 1 aliphatic rings. The van der Waals surface area contributed by atoms with Crippen molar-refractivity contribution < 1.29 is 105 Å². The van der Waals surface area contributed by atoms with Gasteiger partial charge in [0.25, 0.3) is 5.92 Å². The van der Waals surface area contributed by atoms with Gasteiger partial charge in [0.1, 0.15) is 52.7 Å². The van der Waals surface area contributed by atoms with Crippen LogP contribution in [0.1, 0.15) is 116 Å². The van der Waals surface area contributed by atoms with Gasteiger partial charge < -0.3 is 30.7 Å². The fourth-order valence-electron chi connectivity index (χ4n) is 10.4. The summed E-state index contributed by atoms with van der Waals surface area (Å²) in [5.74, 6) is -10.8. The number of halogens is 11. The van der Waals surface area contributed by atoms with E-state index in [4.69, 9.17) is 16.1 Å². The Morgan fingerprint density at radius 2 is 1.52 bits per heavy atom. The van der Waals surface area contributed by atoms with E-state index in [1.165, 1.54) is 40.7 Å². The van der Waals surface area contributed by atoms with Gasteiger partial charge in [0.15, 0.2) is 21.3 Å². The van der Waals surface area contributed by atoms with Crippen LogP contribution in [0.5, 0.6) is 5.75 Å². The molecule has 484 valence electrons. The van der Waals surface area contributed by atoms with Crippen LogP contribution in [-0.4, -0.2) is 106 Å². The number of amides is 3. The van der Waals surface area contributed by atoms with Crippen molar-refractivity contribution in [2.75, 3.05) is 11.6 Å². The zero-order valence-corrected chi connectivity index (χ0v) is 50.6. The van der Waals surface area contributed by atoms with Crippen LogP contribution >= 0.6 is 19.4 Å². The van der Waals surface area contributed by atoms with Gasteiger partial charge in [-0.3, -0.25) is 38.3 Å². The molecule has 3 atom stereocenters. The van der Waals surface area contributed by atoms with Crippen molar-refractivity contribution in [3.8, 4) is 28.7 Å². The highest BCUT2D eigenvalue weighted by Crippen LogP contribution is 2.52. The van der Waals surface area contributed by atoms with Gasteiger partial charge in [-0.05, 0) is 92.1 Å². The predicted octanol–water partition coefficient (Wildman–Crippen LogP) is 9.35. The number of fused-ring (bicyclic) bond motifs is 2. The normalized spacial score (nSPS) is 15.1. The third kappa shape index (κ3) is 16.3. The number of carboxylic acids is 2. The smallest absolute Gasteiger partial charge is 0.481 e. The molecule has 0 saturated carbocycles. The molecule has 0 saturated heterocycles. The van der Waals surface area contributed by atoms with Gasteiger partial charge in [0.2, 0.25) is 17.7 Å². The van der Waals surface area contributed by atoms with Crippen molar-refractivity contribution in [1.29, 1.82) is 0 Å². The maximum absolute atomic E-state index is 15.5. The number of sulfone groups is 1. The molecule has 34 heteroatoms. The maximum atomic E-state index is 15.5. The highest BCUT2D eigenvalue weighted by atomic mass is 35.5. The Morgan fingerprint density at radius 1 is 0.889 bits per heavy atom. The zero-order valence-electron chi connectivity index (χ0n) is 48.1. The third-order valence-electron chi connectivity index (χ3n) is 14.2. The van der Waals surface area contributed by atoms with Gasteiger partial charge in [-0.2, -0.15) is 45.3 Å². The number of carbonyl (C=O) groups is 5. The Labute approximate surface area is 509 Å². The van der Waals surface area contributed by atoms with Crippen LogP contribution in [0.3, 0.4) is 0 Å². The van der Waals surface area contributed by atoms with Gasteiger partial charge in [-0.15, -0.1) is 0 Å². The first-order valence-electron chi connectivity index (χ1n) is 26.5. The number of benzene rings is 3. The number of nitrogens with one attached hydrogen (secondary N) is 3. The van der Waals surface area contributed by atoms with Crippen molar-refractivity contribution in [3.63, 3.8) is 0 Å². The number of hydrogen-bond donors (Lipinski definition) is 7. The summed E-state index contributed by atoms with van der Waals surface area (Å²) in [4.78, 5) is 89.8. The van der Waals surface area contributed by atoms with E-state index in [9.17, 15) is 92.1 Å². The lowest BCUT2D eigenvalue weighted by atomic mass is 9.77. The lowest BCUT2D eigenvalue weighted by Crippen LogP contribution is -2.43. The van der Waals surface area contributed by atoms with Gasteiger partial charge in [0, 0.05) is 52.8 Å². The fourth-order valence-corrected chi connectivity index (χ4v) is 11.3. The zero-order chi connectivity index (χ0) is 67.3. The second-order valence-corrected chi connectivity index (χ2v) is 26.6. The summed E-state index contributed by atoms with van der Waals surface area (Å²) in [6.45, 7) is 4.26. The van der Waals surface area contributed by atoms with Crippen molar-refractivity contribution in [2.45, 2.75) is 133 Å². The van der Waals surface area contributed by atoms with E-state index in [-0.39, 0.29) is 43.8 Å². The minimum atomic E-state index is -5.47. The first-order valence-corrected chi connectivity index (χ1v) is 30.3. The maximum Gasteiger partial charge on any atom is 0.524 e. The number of nitrogens with zero attached hydrogens (tertiary/aromatic N) is 5. The number of hydrogen-bond acceptors (Lipinski definition) is 12. The van der Waals surface area contributed by atoms with E-state index in [0.717, 1.165) is 55.6 Å². The molecule has 6 aromatic rings. The monoisotopic (exact) mass is 1330 g/mol. The summed E-state index contributed by atoms with van der Waals surface area (Å²) in [6, 6.07) is 5.22. The molecular formula is C56H54ClF10N8O13PS. The van der Waals surface area contributed by atoms with Crippen LogP contribution in [0.4, 0.5) is 49.7 Å². The molecule has 0 spiro atoms. The van der Waals surface area contributed by atoms with Crippen LogP contribution in [0.25, 0.3) is 22.0 Å². The number of alkyl halides is 8. The number of carbonyl (C=O) groups excluding carboxylic acids is 3. The molecule has 3 aromatic heterocycles. The van der Waals surface area contributed by atoms with E-state index in [1.807, 2.05) is 5.32 Å². The number of anilines is 1. The molecule has 21 nitrogen and oxygen atoms in total. The number of pyridine rings is 1. The largest absolute Gasteiger partial charge is 0.524 e. The standard InChI is InChI=1S/C56H54ClF10N8O13PS/c1-26-14-29(19-39(76)70-37(51(81)82)21-42(79)80)45(38(15-26)88-89(83,84)85)52(3,4)23-40(77)71-50-44-35(57)11-10-34(47(44)75(73-50)25-55(62,63)64)33-9-8-32(12-13-53(5,6)90(7,86)87)68-46(33)36(18-28-16-30(58)20-31(59)17-28)69-41(78)24-74-49-43(27(2)22-54(49,60)61)48(72-74)56(65,66)67/h8-11,14-17,20,27,36-37H,18-19,21-25H2,1-7H3,(H,69,78)(H,70,76)(H,79,80)(H,81,82)(H,71,73,77)(H2,83,84,85)/t27-,36-,37-/m0/s1. The molecule has 0 aliphatic heterocycles. The highest BCUT2D eigenvalue weighted by molar-refractivity contribution is 7.92. The van der Waals surface area contributed by atoms with Gasteiger partial charge >= 0.3 is 32.1 Å². The second-order valence-electron chi connectivity index (χ2n) is 22.5. The molecule has 90 heavy (non-hydrogen) atoms. The molecule has 1 aliphatic carbocycles. The Balaban J connectivity index is 1.40. The number of phosphoric acid groups is 1. The number of aliphatic carboxylic acids is 2. The van der Waals surface area contributed by atoms with Crippen molar-refractivity contribution in [3.05, 3.63) is 122 Å². The summed E-state index contributed by atoms with van der Waals surface area (Å²) in [5.41, 5.74) is -8.03. The quantitative estimate of drug-likeness (QED) is 0.0200. The van der Waals surface area contributed by atoms with Crippen LogP contribution < -0.4 is 20.5 Å². The van der Waals surface area contributed by atoms with Crippen LogP contribution in [0, 0.1) is 30.4 Å². The number of carboxylic acid groups (broad SMARTS) is 2.